The highest BCUT2D eigenvalue weighted by atomic mass is 16.4. The van der Waals surface area contributed by atoms with Gasteiger partial charge in [0.25, 0.3) is 5.91 Å². The molecule has 0 aliphatic carbocycles. The van der Waals surface area contributed by atoms with E-state index < -0.39 is 24.0 Å². The topological polar surface area (TPSA) is 160 Å². The molecule has 0 radical (unpaired) electrons. The molecule has 2 bridgehead atoms. The molecule has 0 fully saturated rings. The number of aromatic nitrogens is 3. The van der Waals surface area contributed by atoms with Crippen molar-refractivity contribution in [1.29, 1.82) is 0 Å². The van der Waals surface area contributed by atoms with Gasteiger partial charge in [-0.3, -0.25) is 19.2 Å². The third kappa shape index (κ3) is 7.49. The quantitative estimate of drug-likeness (QED) is 0.355. The van der Waals surface area contributed by atoms with Crippen molar-refractivity contribution in [2.75, 3.05) is 6.54 Å². The number of amides is 4. The molecule has 0 saturated carbocycles. The number of oxazole rings is 1. The Bertz CT molecular complexity index is 1480. The third-order valence-electron chi connectivity index (χ3n) is 7.65. The smallest absolute Gasteiger partial charge is 0.274 e. The van der Waals surface area contributed by atoms with Gasteiger partial charge in [0.2, 0.25) is 23.6 Å². The molecule has 3 atom stereocenters. The summed E-state index contributed by atoms with van der Waals surface area (Å²) >= 11 is 0. The lowest BCUT2D eigenvalue weighted by Crippen LogP contribution is -2.49. The van der Waals surface area contributed by atoms with Crippen LogP contribution in [-0.4, -0.2) is 57.0 Å². The summed E-state index contributed by atoms with van der Waals surface area (Å²) in [6.45, 7) is 11.2. The number of nitrogens with one attached hydrogen (secondary N) is 4. The van der Waals surface area contributed by atoms with Crippen LogP contribution < -0.4 is 21.3 Å². The molecule has 0 spiro atoms. The first-order valence-electron chi connectivity index (χ1n) is 14.7. The van der Waals surface area contributed by atoms with E-state index in [0.29, 0.717) is 25.8 Å². The fraction of sp³-hybridized carbons (Fsp3) is 0.484. The Morgan fingerprint density at radius 3 is 2.49 bits per heavy atom. The Morgan fingerprint density at radius 1 is 1.07 bits per heavy atom. The zero-order valence-corrected chi connectivity index (χ0v) is 25.6. The molecule has 3 heterocycles. The van der Waals surface area contributed by atoms with Crippen LogP contribution in [0.15, 0.2) is 34.7 Å². The van der Waals surface area contributed by atoms with E-state index in [2.05, 4.69) is 31.3 Å². The minimum atomic E-state index is -0.833. The minimum Gasteiger partial charge on any atom is -0.443 e. The fourth-order valence-corrected chi connectivity index (χ4v) is 5.12. The molecule has 43 heavy (non-hydrogen) atoms. The Labute approximate surface area is 251 Å². The van der Waals surface area contributed by atoms with Crippen molar-refractivity contribution in [3.8, 4) is 5.69 Å². The van der Waals surface area contributed by atoms with E-state index in [1.165, 1.54) is 0 Å². The summed E-state index contributed by atoms with van der Waals surface area (Å²) in [7, 11) is 0. The summed E-state index contributed by atoms with van der Waals surface area (Å²) < 4.78 is 7.63. The van der Waals surface area contributed by atoms with Gasteiger partial charge in [-0.05, 0) is 65.0 Å². The SMILES string of the molecule is Cc1nn(-c2ccccc2)c(C)c1CC(=O)N[C@H]1CCCCNC(=O)[C@@H](C)NC(=O)c2nc(oc2C)[C@H](C(C)C)NC1=O. The van der Waals surface area contributed by atoms with Gasteiger partial charge in [0, 0.05) is 17.8 Å². The van der Waals surface area contributed by atoms with Gasteiger partial charge in [-0.15, -0.1) is 0 Å². The van der Waals surface area contributed by atoms with Crippen LogP contribution >= 0.6 is 0 Å². The van der Waals surface area contributed by atoms with E-state index in [0.717, 1.165) is 22.6 Å². The van der Waals surface area contributed by atoms with Crippen molar-refractivity contribution in [2.45, 2.75) is 85.4 Å². The molecular weight excluding hydrogens is 550 g/mol. The minimum absolute atomic E-state index is 0.0493. The number of benzene rings is 1. The monoisotopic (exact) mass is 591 g/mol. The Kier molecular flexibility index (Phi) is 9.99. The third-order valence-corrected chi connectivity index (χ3v) is 7.65. The summed E-state index contributed by atoms with van der Waals surface area (Å²) in [5.74, 6) is -1.23. The van der Waals surface area contributed by atoms with E-state index in [4.69, 9.17) is 4.42 Å². The van der Waals surface area contributed by atoms with Crippen LogP contribution in [0.25, 0.3) is 5.69 Å². The number of fused-ring (bicyclic) bond motifs is 2. The highest BCUT2D eigenvalue weighted by Crippen LogP contribution is 2.24. The van der Waals surface area contributed by atoms with E-state index in [1.54, 1.807) is 13.8 Å². The molecular formula is C31H41N7O5. The lowest BCUT2D eigenvalue weighted by atomic mass is 10.0. The second-order valence-electron chi connectivity index (χ2n) is 11.4. The second-order valence-corrected chi connectivity index (χ2v) is 11.4. The van der Waals surface area contributed by atoms with Crippen LogP contribution in [0.4, 0.5) is 0 Å². The number of hydrogen-bond donors (Lipinski definition) is 4. The zero-order chi connectivity index (χ0) is 31.3. The first kappa shape index (κ1) is 31.5. The van der Waals surface area contributed by atoms with Gasteiger partial charge in [0.1, 0.15) is 23.9 Å². The van der Waals surface area contributed by atoms with E-state index in [9.17, 15) is 19.2 Å². The molecule has 0 unspecified atom stereocenters. The van der Waals surface area contributed by atoms with E-state index >= 15 is 0 Å². The van der Waals surface area contributed by atoms with Gasteiger partial charge < -0.3 is 25.7 Å². The number of nitrogens with zero attached hydrogens (tertiary/aromatic N) is 3. The number of para-hydroxylation sites is 1. The maximum Gasteiger partial charge on any atom is 0.274 e. The highest BCUT2D eigenvalue weighted by Gasteiger charge is 2.31. The number of aryl methyl sites for hydroxylation is 2. The average Bonchev–Trinajstić information content (AvgIpc) is 3.49. The van der Waals surface area contributed by atoms with Crippen molar-refractivity contribution in [2.24, 2.45) is 5.92 Å². The summed E-state index contributed by atoms with van der Waals surface area (Å²) in [4.78, 5) is 56.7. The first-order valence-corrected chi connectivity index (χ1v) is 14.7. The van der Waals surface area contributed by atoms with Gasteiger partial charge in [-0.2, -0.15) is 5.10 Å². The number of carbonyl (C=O) groups is 4. The van der Waals surface area contributed by atoms with E-state index in [-0.39, 0.29) is 47.4 Å². The maximum absolute atomic E-state index is 13.6. The lowest BCUT2D eigenvalue weighted by molar-refractivity contribution is -0.129. The molecule has 2 aromatic heterocycles. The fourth-order valence-electron chi connectivity index (χ4n) is 5.12. The summed E-state index contributed by atoms with van der Waals surface area (Å²) in [5.41, 5.74) is 3.34. The number of hydrogen-bond acceptors (Lipinski definition) is 7. The van der Waals surface area contributed by atoms with Gasteiger partial charge in [0.15, 0.2) is 5.69 Å². The molecule has 0 saturated heterocycles. The molecule has 3 aromatic rings. The van der Waals surface area contributed by atoms with Crippen LogP contribution in [0.5, 0.6) is 0 Å². The average molecular weight is 592 g/mol. The predicted molar refractivity (Wildman–Crippen MR) is 159 cm³/mol. The molecule has 12 heteroatoms. The highest BCUT2D eigenvalue weighted by molar-refractivity contribution is 5.96. The molecule has 4 rings (SSSR count). The van der Waals surface area contributed by atoms with Crippen LogP contribution in [0.2, 0.25) is 0 Å². The molecule has 1 aromatic carbocycles. The molecule has 4 N–H and O–H groups in total. The van der Waals surface area contributed by atoms with Crippen molar-refractivity contribution in [3.05, 3.63) is 64.6 Å². The Balaban J connectivity index is 1.56. The van der Waals surface area contributed by atoms with Gasteiger partial charge in [0.05, 0.1) is 17.8 Å². The predicted octanol–water partition coefficient (Wildman–Crippen LogP) is 2.74. The van der Waals surface area contributed by atoms with Crippen LogP contribution in [0.3, 0.4) is 0 Å². The standard InChI is InChI=1S/C31H41N7O5/c1-17(2)26-31-36-27(21(6)43-31)30(42)33-19(4)28(40)32-15-11-10-14-24(29(41)35-26)34-25(39)16-23-18(3)37-38(20(23)5)22-12-8-7-9-13-22/h7-9,12-13,17,19,24,26H,10-11,14-16H2,1-6H3,(H,32,40)(H,33,42)(H,34,39)(H,35,41)/t19-,24+,26+/m1/s1. The Morgan fingerprint density at radius 2 is 1.79 bits per heavy atom. The second kappa shape index (κ2) is 13.7. The van der Waals surface area contributed by atoms with Gasteiger partial charge >= 0.3 is 0 Å². The normalized spacial score (nSPS) is 20.3. The Hall–Kier alpha value is -4.48. The summed E-state index contributed by atoms with van der Waals surface area (Å²) in [6, 6.07) is 7.44. The van der Waals surface area contributed by atoms with Gasteiger partial charge in [-0.1, -0.05) is 32.0 Å². The van der Waals surface area contributed by atoms with Crippen molar-refractivity contribution < 1.29 is 23.6 Å². The van der Waals surface area contributed by atoms with Crippen molar-refractivity contribution >= 4 is 23.6 Å². The van der Waals surface area contributed by atoms with E-state index in [1.807, 2.05) is 62.7 Å². The largest absolute Gasteiger partial charge is 0.443 e. The molecule has 1 aliphatic heterocycles. The molecule has 4 amide bonds. The summed E-state index contributed by atoms with van der Waals surface area (Å²) in [5, 5.41) is 16.0. The number of carbonyl (C=O) groups excluding carboxylic acids is 4. The molecule has 230 valence electrons. The molecule has 12 nitrogen and oxygen atoms in total. The van der Waals surface area contributed by atoms with Crippen LogP contribution in [0.1, 0.15) is 85.2 Å². The number of rotatable bonds is 5. The van der Waals surface area contributed by atoms with Crippen molar-refractivity contribution in [3.63, 3.8) is 0 Å². The first-order chi connectivity index (χ1) is 20.5. The maximum atomic E-state index is 13.6. The van der Waals surface area contributed by atoms with Crippen molar-refractivity contribution in [1.82, 2.24) is 36.0 Å². The zero-order valence-electron chi connectivity index (χ0n) is 25.6. The van der Waals surface area contributed by atoms with Crippen LogP contribution in [0, 0.1) is 26.7 Å². The van der Waals surface area contributed by atoms with Crippen LogP contribution in [-0.2, 0) is 20.8 Å². The molecule has 1 aliphatic rings. The summed E-state index contributed by atoms with van der Waals surface area (Å²) in [6.07, 6.45) is 1.58. The lowest BCUT2D eigenvalue weighted by Gasteiger charge is -2.24. The van der Waals surface area contributed by atoms with Gasteiger partial charge in [-0.25, -0.2) is 9.67 Å².